The fourth-order valence-corrected chi connectivity index (χ4v) is 3.14. The van der Waals surface area contributed by atoms with E-state index in [-0.39, 0.29) is 6.04 Å². The lowest BCUT2D eigenvalue weighted by Gasteiger charge is -2.09. The van der Waals surface area contributed by atoms with Gasteiger partial charge in [-0.2, -0.15) is 5.10 Å². The fourth-order valence-electron chi connectivity index (χ4n) is 3.14. The van der Waals surface area contributed by atoms with Crippen LogP contribution in [-0.2, 0) is 13.1 Å². The van der Waals surface area contributed by atoms with Gasteiger partial charge >= 0.3 is 6.03 Å². The van der Waals surface area contributed by atoms with Gasteiger partial charge in [0.2, 0.25) is 0 Å². The molecule has 0 aliphatic carbocycles. The second kappa shape index (κ2) is 6.75. The Balaban J connectivity index is 1.72. The van der Waals surface area contributed by atoms with Crippen molar-refractivity contribution in [3.05, 3.63) is 36.3 Å². The highest BCUT2D eigenvalue weighted by atomic mass is 16.5. The zero-order valence-corrected chi connectivity index (χ0v) is 15.2. The molecular formula is C18H21N7O2. The predicted octanol–water partition coefficient (Wildman–Crippen LogP) is 1.95. The Labute approximate surface area is 156 Å². The maximum atomic E-state index is 10.9. The van der Waals surface area contributed by atoms with Crippen LogP contribution in [0, 0.1) is 0 Å². The lowest BCUT2D eigenvalue weighted by atomic mass is 10.1. The molecule has 9 heteroatoms. The molecule has 0 fully saturated rings. The number of imidazole rings is 1. The van der Waals surface area contributed by atoms with Gasteiger partial charge in [-0.1, -0.05) is 6.07 Å². The highest BCUT2D eigenvalue weighted by molar-refractivity contribution is 5.72. The van der Waals surface area contributed by atoms with E-state index in [9.17, 15) is 4.79 Å². The molecule has 0 radical (unpaired) electrons. The van der Waals surface area contributed by atoms with E-state index in [1.807, 2.05) is 29.1 Å². The molecule has 9 nitrogen and oxygen atoms in total. The van der Waals surface area contributed by atoms with Crippen LogP contribution >= 0.6 is 0 Å². The van der Waals surface area contributed by atoms with Crippen molar-refractivity contribution in [3.8, 4) is 28.7 Å². The summed E-state index contributed by atoms with van der Waals surface area (Å²) in [5.41, 5.74) is 7.73. The maximum Gasteiger partial charge on any atom is 0.312 e. The minimum Gasteiger partial charge on any atom is -0.491 e. The van der Waals surface area contributed by atoms with Gasteiger partial charge in [0.1, 0.15) is 30.2 Å². The standard InChI is InChI=1S/C18H21N7O2/c1-11(2)25-17(21-10-22-25)14-9-24-5-6-27-15-7-12(8-20-18(19)26)3-4-13(15)16(24)23-14/h3-4,7,9-11H,5-6,8H2,1-2H3,(H3,19,20,26). The van der Waals surface area contributed by atoms with Crippen LogP contribution in [0.4, 0.5) is 4.79 Å². The van der Waals surface area contributed by atoms with Gasteiger partial charge in [0.05, 0.1) is 12.1 Å². The van der Waals surface area contributed by atoms with Crippen molar-refractivity contribution in [2.75, 3.05) is 6.61 Å². The molecule has 1 aliphatic heterocycles. The van der Waals surface area contributed by atoms with E-state index in [4.69, 9.17) is 15.5 Å². The molecule has 0 saturated heterocycles. The Bertz CT molecular complexity index is 990. The summed E-state index contributed by atoms with van der Waals surface area (Å²) >= 11 is 0. The van der Waals surface area contributed by atoms with Crippen molar-refractivity contribution in [1.82, 2.24) is 29.6 Å². The summed E-state index contributed by atoms with van der Waals surface area (Å²) < 4.78 is 9.82. The first kappa shape index (κ1) is 17.1. The van der Waals surface area contributed by atoms with Crippen LogP contribution in [0.25, 0.3) is 22.9 Å². The number of nitrogens with one attached hydrogen (secondary N) is 1. The SMILES string of the molecule is CC(C)n1ncnc1-c1cn2c(n1)-c1ccc(CNC(N)=O)cc1OCC2. The molecule has 0 atom stereocenters. The van der Waals surface area contributed by atoms with Crippen LogP contribution in [-0.4, -0.2) is 37.0 Å². The number of hydrogen-bond acceptors (Lipinski definition) is 5. The van der Waals surface area contributed by atoms with Gasteiger partial charge in [0.25, 0.3) is 0 Å². The number of fused-ring (bicyclic) bond motifs is 3. The van der Waals surface area contributed by atoms with Gasteiger partial charge in [-0.05, 0) is 31.5 Å². The Hall–Kier alpha value is -3.36. The summed E-state index contributed by atoms with van der Waals surface area (Å²) in [6.45, 7) is 5.68. The van der Waals surface area contributed by atoms with Crippen molar-refractivity contribution in [2.45, 2.75) is 33.0 Å². The van der Waals surface area contributed by atoms with E-state index in [0.717, 1.165) is 34.2 Å². The van der Waals surface area contributed by atoms with Crippen molar-refractivity contribution >= 4 is 6.03 Å². The first-order valence-corrected chi connectivity index (χ1v) is 8.79. The third kappa shape index (κ3) is 3.23. The second-order valence-electron chi connectivity index (χ2n) is 6.66. The molecular weight excluding hydrogens is 346 g/mol. The minimum absolute atomic E-state index is 0.194. The fraction of sp³-hybridized carbons (Fsp3) is 0.333. The second-order valence-corrected chi connectivity index (χ2v) is 6.66. The molecule has 27 heavy (non-hydrogen) atoms. The molecule has 140 valence electrons. The molecule has 1 aromatic carbocycles. The van der Waals surface area contributed by atoms with Crippen LogP contribution < -0.4 is 15.8 Å². The third-order valence-electron chi connectivity index (χ3n) is 4.41. The Kier molecular flexibility index (Phi) is 4.27. The Morgan fingerprint density at radius 2 is 2.22 bits per heavy atom. The van der Waals surface area contributed by atoms with E-state index in [1.165, 1.54) is 0 Å². The molecule has 3 N–H and O–H groups in total. The largest absolute Gasteiger partial charge is 0.491 e. The predicted molar refractivity (Wildman–Crippen MR) is 99.0 cm³/mol. The van der Waals surface area contributed by atoms with Crippen LogP contribution in [0.15, 0.2) is 30.7 Å². The Morgan fingerprint density at radius 3 is 3.00 bits per heavy atom. The average Bonchev–Trinajstić information content (AvgIpc) is 3.24. The summed E-state index contributed by atoms with van der Waals surface area (Å²) in [7, 11) is 0. The topological polar surface area (TPSA) is 113 Å². The molecule has 0 spiro atoms. The lowest BCUT2D eigenvalue weighted by Crippen LogP contribution is -2.28. The molecule has 0 bridgehead atoms. The molecule has 0 saturated carbocycles. The number of hydrogen-bond donors (Lipinski definition) is 2. The number of carbonyl (C=O) groups excluding carboxylic acids is 1. The smallest absolute Gasteiger partial charge is 0.312 e. The number of amides is 2. The van der Waals surface area contributed by atoms with E-state index in [2.05, 4.69) is 33.8 Å². The van der Waals surface area contributed by atoms with Crippen LogP contribution in [0.1, 0.15) is 25.5 Å². The monoisotopic (exact) mass is 367 g/mol. The first-order valence-electron chi connectivity index (χ1n) is 8.79. The maximum absolute atomic E-state index is 10.9. The van der Waals surface area contributed by atoms with E-state index in [0.29, 0.717) is 19.7 Å². The number of nitrogens with two attached hydrogens (primary N) is 1. The first-order chi connectivity index (χ1) is 13.0. The van der Waals surface area contributed by atoms with Crippen LogP contribution in [0.3, 0.4) is 0 Å². The molecule has 3 aromatic rings. The lowest BCUT2D eigenvalue weighted by molar-refractivity contribution is 0.248. The highest BCUT2D eigenvalue weighted by Gasteiger charge is 2.21. The normalized spacial score (nSPS) is 12.9. The van der Waals surface area contributed by atoms with Gasteiger partial charge in [-0.25, -0.2) is 19.4 Å². The molecule has 1 aliphatic rings. The number of ether oxygens (including phenoxy) is 1. The van der Waals surface area contributed by atoms with E-state index >= 15 is 0 Å². The Morgan fingerprint density at radius 1 is 1.37 bits per heavy atom. The minimum atomic E-state index is -0.555. The van der Waals surface area contributed by atoms with Crippen molar-refractivity contribution < 1.29 is 9.53 Å². The van der Waals surface area contributed by atoms with Crippen molar-refractivity contribution in [3.63, 3.8) is 0 Å². The van der Waals surface area contributed by atoms with Gasteiger partial charge in [-0.3, -0.25) is 0 Å². The number of nitrogens with zero attached hydrogens (tertiary/aromatic N) is 5. The summed E-state index contributed by atoms with van der Waals surface area (Å²) in [5.74, 6) is 2.31. The summed E-state index contributed by atoms with van der Waals surface area (Å²) in [5, 5.41) is 6.88. The van der Waals surface area contributed by atoms with Crippen LogP contribution in [0.2, 0.25) is 0 Å². The number of primary amides is 1. The summed E-state index contributed by atoms with van der Waals surface area (Å²) in [4.78, 5) is 20.1. The van der Waals surface area contributed by atoms with Gasteiger partial charge in [-0.15, -0.1) is 0 Å². The van der Waals surface area contributed by atoms with Gasteiger partial charge < -0.3 is 20.4 Å². The number of rotatable bonds is 4. The molecule has 2 aromatic heterocycles. The quantitative estimate of drug-likeness (QED) is 0.732. The molecule has 2 amide bonds. The zero-order valence-electron chi connectivity index (χ0n) is 15.2. The highest BCUT2D eigenvalue weighted by Crippen LogP contribution is 2.34. The van der Waals surface area contributed by atoms with Gasteiger partial charge in [0, 0.05) is 18.8 Å². The number of carbonyl (C=O) groups is 1. The molecule has 3 heterocycles. The van der Waals surface area contributed by atoms with E-state index in [1.54, 1.807) is 6.33 Å². The average molecular weight is 367 g/mol. The summed E-state index contributed by atoms with van der Waals surface area (Å²) in [6, 6.07) is 5.43. The molecule has 0 unspecified atom stereocenters. The summed E-state index contributed by atoms with van der Waals surface area (Å²) in [6.07, 6.45) is 3.54. The number of benzene rings is 1. The molecule has 4 rings (SSSR count). The van der Waals surface area contributed by atoms with Crippen molar-refractivity contribution in [2.24, 2.45) is 5.73 Å². The number of aromatic nitrogens is 5. The van der Waals surface area contributed by atoms with Crippen LogP contribution in [0.5, 0.6) is 5.75 Å². The van der Waals surface area contributed by atoms with Gasteiger partial charge in [0.15, 0.2) is 5.82 Å². The number of urea groups is 1. The third-order valence-corrected chi connectivity index (χ3v) is 4.41. The zero-order chi connectivity index (χ0) is 19.0. The van der Waals surface area contributed by atoms with Crippen molar-refractivity contribution in [1.29, 1.82) is 0 Å². The van der Waals surface area contributed by atoms with E-state index < -0.39 is 6.03 Å².